The number of nitrogens with two attached hydrogens (primary N) is 1. The van der Waals surface area contributed by atoms with E-state index in [9.17, 15) is 0 Å². The molecule has 1 aliphatic heterocycles. The molecule has 15 heavy (non-hydrogen) atoms. The molecule has 2 heterocycles. The van der Waals surface area contributed by atoms with Crippen LogP contribution in [0.15, 0.2) is 18.2 Å². The third-order valence-corrected chi connectivity index (χ3v) is 2.98. The number of hydrogen-bond acceptors (Lipinski definition) is 3. The van der Waals surface area contributed by atoms with Crippen LogP contribution in [-0.2, 0) is 0 Å². The van der Waals surface area contributed by atoms with Gasteiger partial charge in [-0.2, -0.15) is 0 Å². The summed E-state index contributed by atoms with van der Waals surface area (Å²) in [5.74, 6) is 1.62. The molecule has 0 radical (unpaired) electrons. The SMILES string of the molecule is CC1(C)CCCN(c2cccc(N)n2)C1. The van der Waals surface area contributed by atoms with Gasteiger partial charge in [0, 0.05) is 13.1 Å². The molecule has 0 spiro atoms. The highest BCUT2D eigenvalue weighted by molar-refractivity contribution is 5.45. The van der Waals surface area contributed by atoms with Crippen molar-refractivity contribution in [1.82, 2.24) is 4.98 Å². The summed E-state index contributed by atoms with van der Waals surface area (Å²) in [6.07, 6.45) is 2.54. The standard InChI is InChI=1S/C12H19N3/c1-12(2)7-4-8-15(9-12)11-6-3-5-10(13)14-11/h3,5-6H,4,7-9H2,1-2H3,(H2,13,14). The van der Waals surface area contributed by atoms with Gasteiger partial charge in [-0.15, -0.1) is 0 Å². The number of pyridine rings is 1. The Hall–Kier alpha value is -1.25. The zero-order valence-electron chi connectivity index (χ0n) is 9.53. The Morgan fingerprint density at radius 3 is 2.87 bits per heavy atom. The monoisotopic (exact) mass is 205 g/mol. The second kappa shape index (κ2) is 3.72. The van der Waals surface area contributed by atoms with E-state index in [1.165, 1.54) is 12.8 Å². The van der Waals surface area contributed by atoms with Gasteiger partial charge in [0.25, 0.3) is 0 Å². The third-order valence-electron chi connectivity index (χ3n) is 2.98. The molecule has 1 saturated heterocycles. The van der Waals surface area contributed by atoms with Crippen LogP contribution in [0.25, 0.3) is 0 Å². The van der Waals surface area contributed by atoms with Crippen molar-refractivity contribution >= 4 is 11.6 Å². The highest BCUT2D eigenvalue weighted by Gasteiger charge is 2.26. The number of piperidine rings is 1. The van der Waals surface area contributed by atoms with Crippen LogP contribution in [0.2, 0.25) is 0 Å². The highest BCUT2D eigenvalue weighted by Crippen LogP contribution is 2.30. The second-order valence-electron chi connectivity index (χ2n) is 5.11. The lowest BCUT2D eigenvalue weighted by molar-refractivity contribution is 0.292. The molecule has 0 saturated carbocycles. The Kier molecular flexibility index (Phi) is 2.55. The van der Waals surface area contributed by atoms with E-state index >= 15 is 0 Å². The third kappa shape index (κ3) is 2.41. The van der Waals surface area contributed by atoms with Crippen LogP contribution in [0.1, 0.15) is 26.7 Å². The molecular weight excluding hydrogens is 186 g/mol. The number of nitrogens with zero attached hydrogens (tertiary/aromatic N) is 2. The van der Waals surface area contributed by atoms with Crippen molar-refractivity contribution in [2.75, 3.05) is 23.7 Å². The van der Waals surface area contributed by atoms with Gasteiger partial charge in [0.15, 0.2) is 0 Å². The molecule has 2 rings (SSSR count). The molecule has 0 bridgehead atoms. The van der Waals surface area contributed by atoms with Gasteiger partial charge in [-0.1, -0.05) is 19.9 Å². The van der Waals surface area contributed by atoms with E-state index in [2.05, 4.69) is 23.7 Å². The number of aromatic nitrogens is 1. The van der Waals surface area contributed by atoms with Crippen LogP contribution in [0.4, 0.5) is 11.6 Å². The van der Waals surface area contributed by atoms with E-state index in [1.54, 1.807) is 0 Å². The predicted molar refractivity (Wildman–Crippen MR) is 63.9 cm³/mol. The molecule has 1 aromatic heterocycles. The van der Waals surface area contributed by atoms with Crippen molar-refractivity contribution in [3.05, 3.63) is 18.2 Å². The van der Waals surface area contributed by atoms with Crippen LogP contribution in [0.5, 0.6) is 0 Å². The van der Waals surface area contributed by atoms with Crippen molar-refractivity contribution in [3.63, 3.8) is 0 Å². The molecule has 0 aliphatic carbocycles. The van der Waals surface area contributed by atoms with Crippen LogP contribution in [0, 0.1) is 5.41 Å². The second-order valence-corrected chi connectivity index (χ2v) is 5.11. The Bertz CT molecular complexity index is 346. The zero-order chi connectivity index (χ0) is 10.9. The summed E-state index contributed by atoms with van der Waals surface area (Å²) in [6.45, 7) is 6.79. The first-order valence-electron chi connectivity index (χ1n) is 5.54. The fourth-order valence-electron chi connectivity index (χ4n) is 2.23. The van der Waals surface area contributed by atoms with Crippen LogP contribution < -0.4 is 10.6 Å². The van der Waals surface area contributed by atoms with Gasteiger partial charge >= 0.3 is 0 Å². The van der Waals surface area contributed by atoms with Crippen molar-refractivity contribution in [3.8, 4) is 0 Å². The number of rotatable bonds is 1. The van der Waals surface area contributed by atoms with Gasteiger partial charge < -0.3 is 10.6 Å². The van der Waals surface area contributed by atoms with Gasteiger partial charge in [0.1, 0.15) is 11.6 Å². The lowest BCUT2D eigenvalue weighted by Gasteiger charge is -2.38. The number of anilines is 2. The van der Waals surface area contributed by atoms with Gasteiger partial charge in [-0.25, -0.2) is 4.98 Å². The fourth-order valence-corrected chi connectivity index (χ4v) is 2.23. The van der Waals surface area contributed by atoms with E-state index in [4.69, 9.17) is 5.73 Å². The van der Waals surface area contributed by atoms with Crippen LogP contribution in [0.3, 0.4) is 0 Å². The topological polar surface area (TPSA) is 42.1 Å². The molecule has 0 unspecified atom stereocenters. The Morgan fingerprint density at radius 2 is 2.20 bits per heavy atom. The van der Waals surface area contributed by atoms with E-state index in [0.717, 1.165) is 18.9 Å². The lowest BCUT2D eigenvalue weighted by atomic mass is 9.84. The van der Waals surface area contributed by atoms with Crippen LogP contribution in [-0.4, -0.2) is 18.1 Å². The number of nitrogen functional groups attached to an aromatic ring is 1. The molecule has 2 N–H and O–H groups in total. The summed E-state index contributed by atoms with van der Waals surface area (Å²) in [5, 5.41) is 0. The molecular formula is C12H19N3. The predicted octanol–water partition coefficient (Wildman–Crippen LogP) is 2.29. The quantitative estimate of drug-likeness (QED) is 0.765. The molecule has 0 aromatic carbocycles. The Labute approximate surface area is 91.3 Å². The average molecular weight is 205 g/mol. The van der Waals surface area contributed by atoms with Gasteiger partial charge in [-0.3, -0.25) is 0 Å². The summed E-state index contributed by atoms with van der Waals surface area (Å²) in [7, 11) is 0. The highest BCUT2D eigenvalue weighted by atomic mass is 15.2. The molecule has 1 fully saturated rings. The lowest BCUT2D eigenvalue weighted by Crippen LogP contribution is -2.40. The number of hydrogen-bond donors (Lipinski definition) is 1. The minimum absolute atomic E-state index is 0.393. The van der Waals surface area contributed by atoms with Crippen molar-refractivity contribution in [1.29, 1.82) is 0 Å². The molecule has 1 aliphatic rings. The zero-order valence-corrected chi connectivity index (χ0v) is 9.53. The molecule has 0 atom stereocenters. The first-order chi connectivity index (χ1) is 7.07. The Morgan fingerprint density at radius 1 is 1.40 bits per heavy atom. The van der Waals surface area contributed by atoms with Gasteiger partial charge in [0.05, 0.1) is 0 Å². The summed E-state index contributed by atoms with van der Waals surface area (Å²) < 4.78 is 0. The largest absolute Gasteiger partial charge is 0.384 e. The smallest absolute Gasteiger partial charge is 0.130 e. The van der Waals surface area contributed by atoms with Gasteiger partial charge in [-0.05, 0) is 30.4 Å². The van der Waals surface area contributed by atoms with E-state index in [1.807, 2.05) is 18.2 Å². The Balaban J connectivity index is 2.17. The summed E-state index contributed by atoms with van der Waals surface area (Å²) in [4.78, 5) is 6.70. The van der Waals surface area contributed by atoms with E-state index in [0.29, 0.717) is 11.2 Å². The molecule has 3 heteroatoms. The van der Waals surface area contributed by atoms with E-state index in [-0.39, 0.29) is 0 Å². The average Bonchev–Trinajstić information content (AvgIpc) is 2.16. The first kappa shape index (κ1) is 10.3. The summed E-state index contributed by atoms with van der Waals surface area (Å²) in [6, 6.07) is 5.84. The maximum absolute atomic E-state index is 5.70. The van der Waals surface area contributed by atoms with E-state index < -0.39 is 0 Å². The maximum atomic E-state index is 5.70. The first-order valence-corrected chi connectivity index (χ1v) is 5.54. The molecule has 0 amide bonds. The normalized spacial score (nSPS) is 20.3. The van der Waals surface area contributed by atoms with Crippen LogP contribution >= 0.6 is 0 Å². The summed E-state index contributed by atoms with van der Waals surface area (Å²) in [5.41, 5.74) is 6.09. The minimum atomic E-state index is 0.393. The van der Waals surface area contributed by atoms with Crippen molar-refractivity contribution < 1.29 is 0 Å². The summed E-state index contributed by atoms with van der Waals surface area (Å²) >= 11 is 0. The minimum Gasteiger partial charge on any atom is -0.384 e. The van der Waals surface area contributed by atoms with Crippen molar-refractivity contribution in [2.24, 2.45) is 5.41 Å². The molecule has 3 nitrogen and oxygen atoms in total. The molecule has 82 valence electrons. The van der Waals surface area contributed by atoms with Crippen molar-refractivity contribution in [2.45, 2.75) is 26.7 Å². The molecule has 1 aromatic rings. The maximum Gasteiger partial charge on any atom is 0.130 e. The van der Waals surface area contributed by atoms with Gasteiger partial charge in [0.2, 0.25) is 0 Å². The fraction of sp³-hybridized carbons (Fsp3) is 0.583.